The number of anilines is 1. The Labute approximate surface area is 175 Å². The highest BCUT2D eigenvalue weighted by atomic mass is 35.5. The smallest absolute Gasteiger partial charge is 0.241 e. The molecule has 1 atom stereocenters. The third-order valence-electron chi connectivity index (χ3n) is 4.64. The van der Waals surface area contributed by atoms with Gasteiger partial charge in [0.1, 0.15) is 0 Å². The molecule has 1 saturated heterocycles. The van der Waals surface area contributed by atoms with Gasteiger partial charge < -0.3 is 10.2 Å². The van der Waals surface area contributed by atoms with Gasteiger partial charge in [-0.05, 0) is 55.3 Å². The summed E-state index contributed by atoms with van der Waals surface area (Å²) in [6, 6.07) is 12.1. The van der Waals surface area contributed by atoms with E-state index in [0.29, 0.717) is 11.4 Å². The molecule has 0 bridgehead atoms. The lowest BCUT2D eigenvalue weighted by Gasteiger charge is -2.17. The van der Waals surface area contributed by atoms with Crippen LogP contribution in [0.25, 0.3) is 0 Å². The summed E-state index contributed by atoms with van der Waals surface area (Å²) in [6.07, 6.45) is 1.43. The van der Waals surface area contributed by atoms with Crippen molar-refractivity contribution in [1.82, 2.24) is 10.0 Å². The number of nitrogens with one attached hydrogen (secondary N) is 2. The standard InChI is InChI=1S/C20H22ClN3O4S/c1-14(23-29(27,28)18-10-6-16(21)7-11-18)20(26)22-13-15-4-8-17(9-5-15)24-12-2-3-19(24)25/h4-11,14,23H,2-3,12-13H2,1H3,(H,22,26)/t14-/m1/s1. The lowest BCUT2D eigenvalue weighted by atomic mass is 10.2. The number of halogens is 1. The van der Waals surface area contributed by atoms with Crippen molar-refractivity contribution in [2.75, 3.05) is 11.4 Å². The molecule has 0 unspecified atom stereocenters. The van der Waals surface area contributed by atoms with Gasteiger partial charge in [-0.3, -0.25) is 9.59 Å². The Kier molecular flexibility index (Phi) is 6.56. The second kappa shape index (κ2) is 8.94. The zero-order chi connectivity index (χ0) is 21.0. The Bertz CT molecular complexity index is 991. The molecule has 7 nitrogen and oxygen atoms in total. The fourth-order valence-corrected chi connectivity index (χ4v) is 4.35. The fraction of sp³-hybridized carbons (Fsp3) is 0.300. The van der Waals surface area contributed by atoms with E-state index in [2.05, 4.69) is 10.0 Å². The van der Waals surface area contributed by atoms with E-state index >= 15 is 0 Å². The van der Waals surface area contributed by atoms with E-state index in [-0.39, 0.29) is 17.3 Å². The van der Waals surface area contributed by atoms with Crippen molar-refractivity contribution in [2.24, 2.45) is 0 Å². The molecule has 3 rings (SSSR count). The third kappa shape index (κ3) is 5.35. The predicted molar refractivity (Wildman–Crippen MR) is 111 cm³/mol. The number of carbonyl (C=O) groups excluding carboxylic acids is 2. The van der Waals surface area contributed by atoms with Crippen LogP contribution in [0.4, 0.5) is 5.69 Å². The number of carbonyl (C=O) groups is 2. The van der Waals surface area contributed by atoms with Gasteiger partial charge in [-0.1, -0.05) is 23.7 Å². The summed E-state index contributed by atoms with van der Waals surface area (Å²) in [7, 11) is -3.83. The minimum Gasteiger partial charge on any atom is -0.351 e. The number of hydrogen-bond acceptors (Lipinski definition) is 4. The van der Waals surface area contributed by atoms with E-state index in [1.807, 2.05) is 24.3 Å². The summed E-state index contributed by atoms with van der Waals surface area (Å²) >= 11 is 5.77. The quantitative estimate of drug-likeness (QED) is 0.698. The molecule has 1 heterocycles. The molecule has 1 fully saturated rings. The average molecular weight is 436 g/mol. The van der Waals surface area contributed by atoms with E-state index in [9.17, 15) is 18.0 Å². The van der Waals surface area contributed by atoms with Crippen LogP contribution in [0.1, 0.15) is 25.3 Å². The van der Waals surface area contributed by atoms with Crippen LogP contribution in [0, 0.1) is 0 Å². The Balaban J connectivity index is 1.54. The molecule has 0 aromatic heterocycles. The second-order valence-corrected chi connectivity index (χ2v) is 8.98. The van der Waals surface area contributed by atoms with Gasteiger partial charge in [-0.2, -0.15) is 4.72 Å². The van der Waals surface area contributed by atoms with Gasteiger partial charge in [-0.15, -0.1) is 0 Å². The summed E-state index contributed by atoms with van der Waals surface area (Å²) in [5.74, 6) is -0.325. The maximum atomic E-state index is 12.4. The van der Waals surface area contributed by atoms with Crippen LogP contribution in [0.3, 0.4) is 0 Å². The SMILES string of the molecule is C[C@@H](NS(=O)(=O)c1ccc(Cl)cc1)C(=O)NCc1ccc(N2CCCC2=O)cc1. The minimum atomic E-state index is -3.83. The number of sulfonamides is 1. The first kappa shape index (κ1) is 21.3. The summed E-state index contributed by atoms with van der Waals surface area (Å²) in [5.41, 5.74) is 1.69. The largest absolute Gasteiger partial charge is 0.351 e. The van der Waals surface area contributed by atoms with Gasteiger partial charge in [-0.25, -0.2) is 8.42 Å². The van der Waals surface area contributed by atoms with E-state index in [1.54, 1.807) is 4.90 Å². The molecule has 2 aromatic rings. The summed E-state index contributed by atoms with van der Waals surface area (Å²) in [6.45, 7) is 2.45. The topological polar surface area (TPSA) is 95.6 Å². The normalized spacial score (nSPS) is 15.4. The van der Waals surface area contributed by atoms with Crippen molar-refractivity contribution in [3.63, 3.8) is 0 Å². The van der Waals surface area contributed by atoms with Gasteiger partial charge in [0, 0.05) is 30.2 Å². The van der Waals surface area contributed by atoms with Crippen molar-refractivity contribution in [1.29, 1.82) is 0 Å². The van der Waals surface area contributed by atoms with E-state index in [0.717, 1.165) is 24.2 Å². The molecule has 2 aromatic carbocycles. The van der Waals surface area contributed by atoms with Crippen LogP contribution in [0.2, 0.25) is 5.02 Å². The molecular weight excluding hydrogens is 414 g/mol. The predicted octanol–water partition coefficient (Wildman–Crippen LogP) is 2.45. The molecule has 2 amide bonds. The molecular formula is C20H22ClN3O4S. The first-order chi connectivity index (χ1) is 13.8. The van der Waals surface area contributed by atoms with Gasteiger partial charge >= 0.3 is 0 Å². The molecule has 2 N–H and O–H groups in total. The monoisotopic (exact) mass is 435 g/mol. The van der Waals surface area contributed by atoms with Crippen LogP contribution in [-0.2, 0) is 26.2 Å². The molecule has 9 heteroatoms. The van der Waals surface area contributed by atoms with Crippen LogP contribution in [0.15, 0.2) is 53.4 Å². The average Bonchev–Trinajstić information content (AvgIpc) is 3.12. The lowest BCUT2D eigenvalue weighted by Crippen LogP contribution is -2.44. The van der Waals surface area contributed by atoms with Crippen LogP contribution in [0.5, 0.6) is 0 Å². The summed E-state index contributed by atoms with van der Waals surface area (Å²) < 4.78 is 27.1. The maximum absolute atomic E-state index is 12.4. The van der Waals surface area contributed by atoms with E-state index < -0.39 is 22.0 Å². The molecule has 0 aliphatic carbocycles. The van der Waals surface area contributed by atoms with Crippen molar-refractivity contribution in [2.45, 2.75) is 37.2 Å². The fourth-order valence-electron chi connectivity index (χ4n) is 3.03. The second-order valence-electron chi connectivity index (χ2n) is 6.83. The van der Waals surface area contributed by atoms with Crippen LogP contribution in [-0.4, -0.2) is 32.8 Å². The highest BCUT2D eigenvalue weighted by Gasteiger charge is 2.23. The molecule has 0 radical (unpaired) electrons. The van der Waals surface area contributed by atoms with Gasteiger partial charge in [0.2, 0.25) is 21.8 Å². The number of amides is 2. The molecule has 1 aliphatic heterocycles. The van der Waals surface area contributed by atoms with Crippen LogP contribution < -0.4 is 14.9 Å². The Morgan fingerprint density at radius 3 is 2.38 bits per heavy atom. The maximum Gasteiger partial charge on any atom is 0.241 e. The molecule has 0 saturated carbocycles. The molecule has 1 aliphatic rings. The Morgan fingerprint density at radius 2 is 1.79 bits per heavy atom. The first-order valence-electron chi connectivity index (χ1n) is 9.21. The number of rotatable bonds is 7. The highest BCUT2D eigenvalue weighted by molar-refractivity contribution is 7.89. The number of benzene rings is 2. The minimum absolute atomic E-state index is 0.0357. The summed E-state index contributed by atoms with van der Waals surface area (Å²) in [4.78, 5) is 25.9. The molecule has 29 heavy (non-hydrogen) atoms. The van der Waals surface area contributed by atoms with E-state index in [1.165, 1.54) is 31.2 Å². The summed E-state index contributed by atoms with van der Waals surface area (Å²) in [5, 5.41) is 3.14. The number of hydrogen-bond donors (Lipinski definition) is 2. The van der Waals surface area contributed by atoms with Crippen molar-refractivity contribution in [3.8, 4) is 0 Å². The van der Waals surface area contributed by atoms with Crippen molar-refractivity contribution < 1.29 is 18.0 Å². The first-order valence-corrected chi connectivity index (χ1v) is 11.1. The van der Waals surface area contributed by atoms with Gasteiger partial charge in [0.25, 0.3) is 0 Å². The lowest BCUT2D eigenvalue weighted by molar-refractivity contribution is -0.122. The van der Waals surface area contributed by atoms with Crippen molar-refractivity contribution in [3.05, 3.63) is 59.1 Å². The van der Waals surface area contributed by atoms with Gasteiger partial charge in [0.05, 0.1) is 10.9 Å². The Morgan fingerprint density at radius 1 is 1.14 bits per heavy atom. The molecule has 0 spiro atoms. The Hall–Kier alpha value is -2.42. The van der Waals surface area contributed by atoms with E-state index in [4.69, 9.17) is 11.6 Å². The van der Waals surface area contributed by atoms with Crippen LogP contribution >= 0.6 is 11.6 Å². The third-order valence-corrected chi connectivity index (χ3v) is 6.45. The zero-order valence-corrected chi connectivity index (χ0v) is 17.5. The zero-order valence-electron chi connectivity index (χ0n) is 15.9. The highest BCUT2D eigenvalue weighted by Crippen LogP contribution is 2.21. The van der Waals surface area contributed by atoms with Gasteiger partial charge in [0.15, 0.2) is 0 Å². The number of nitrogens with zero attached hydrogens (tertiary/aromatic N) is 1. The van der Waals surface area contributed by atoms with Crippen molar-refractivity contribution >= 4 is 39.1 Å². The molecule has 154 valence electrons.